The lowest BCUT2D eigenvalue weighted by Gasteiger charge is -2.20. The van der Waals surface area contributed by atoms with Gasteiger partial charge in [-0.1, -0.05) is 24.6 Å². The van der Waals surface area contributed by atoms with Crippen molar-refractivity contribution < 1.29 is 9.13 Å². The molecule has 0 saturated carbocycles. The number of likely N-dealkylation sites (N-methyl/N-ethyl adjacent to an activating group) is 1. The Hall–Kier alpha value is -0.640. The van der Waals surface area contributed by atoms with Gasteiger partial charge in [0.05, 0.1) is 5.02 Å². The van der Waals surface area contributed by atoms with E-state index >= 15 is 0 Å². The van der Waals surface area contributed by atoms with Gasteiger partial charge in [-0.25, -0.2) is 4.39 Å². The highest BCUT2D eigenvalue weighted by Crippen LogP contribution is 2.18. The zero-order chi connectivity index (χ0) is 13.5. The molecule has 0 bridgehead atoms. The lowest BCUT2D eigenvalue weighted by Crippen LogP contribution is -2.30. The molecule has 0 aliphatic heterocycles. The second-order valence-electron chi connectivity index (χ2n) is 4.73. The van der Waals surface area contributed by atoms with Gasteiger partial charge in [-0.2, -0.15) is 0 Å². The summed E-state index contributed by atoms with van der Waals surface area (Å²) in [6.45, 7) is 2.89. The minimum absolute atomic E-state index is 0.174. The van der Waals surface area contributed by atoms with Crippen LogP contribution in [-0.4, -0.2) is 26.8 Å². The third-order valence-corrected chi connectivity index (χ3v) is 3.32. The third kappa shape index (κ3) is 4.92. The molecule has 0 heterocycles. The Balaban J connectivity index is 2.59. The monoisotopic (exact) mass is 273 g/mol. The second kappa shape index (κ2) is 7.72. The first kappa shape index (κ1) is 15.4. The first-order valence-electron chi connectivity index (χ1n) is 6.17. The molecule has 0 amide bonds. The van der Waals surface area contributed by atoms with Crippen molar-refractivity contribution in [2.24, 2.45) is 5.92 Å². The summed E-state index contributed by atoms with van der Waals surface area (Å²) in [6, 6.07) is 5.30. The van der Waals surface area contributed by atoms with Crippen molar-refractivity contribution in [2.75, 3.05) is 20.8 Å². The van der Waals surface area contributed by atoms with Crippen LogP contribution in [0.1, 0.15) is 18.9 Å². The molecule has 2 unspecified atom stereocenters. The van der Waals surface area contributed by atoms with E-state index in [0.29, 0.717) is 12.0 Å². The van der Waals surface area contributed by atoms with Gasteiger partial charge in [0.1, 0.15) is 5.82 Å². The summed E-state index contributed by atoms with van der Waals surface area (Å²) >= 11 is 5.67. The van der Waals surface area contributed by atoms with Crippen molar-refractivity contribution in [3.05, 3.63) is 34.6 Å². The van der Waals surface area contributed by atoms with Crippen LogP contribution < -0.4 is 5.32 Å². The quantitative estimate of drug-likeness (QED) is 0.823. The maximum Gasteiger partial charge on any atom is 0.142 e. The summed E-state index contributed by atoms with van der Waals surface area (Å²) in [4.78, 5) is 0. The van der Waals surface area contributed by atoms with Crippen LogP contribution in [0.25, 0.3) is 0 Å². The molecular weight excluding hydrogens is 253 g/mol. The average molecular weight is 274 g/mol. The van der Waals surface area contributed by atoms with E-state index in [-0.39, 0.29) is 10.8 Å². The predicted octanol–water partition coefficient (Wildman–Crippen LogP) is 3.28. The van der Waals surface area contributed by atoms with Gasteiger partial charge in [0, 0.05) is 19.8 Å². The summed E-state index contributed by atoms with van der Waals surface area (Å²) in [5, 5.41) is 3.44. The standard InChI is InChI=1S/C14H21ClFNO/c1-10(9-18-3)6-12(17-2)7-11-4-5-13(15)14(16)8-11/h4-5,8,10,12,17H,6-7,9H2,1-3H3. The van der Waals surface area contributed by atoms with E-state index in [2.05, 4.69) is 12.2 Å². The number of hydrogen-bond donors (Lipinski definition) is 1. The SMILES string of the molecule is CNC(Cc1ccc(Cl)c(F)c1)CC(C)COC. The summed E-state index contributed by atoms with van der Waals surface area (Å²) in [5.74, 6) is 0.124. The van der Waals surface area contributed by atoms with E-state index in [1.165, 1.54) is 6.07 Å². The van der Waals surface area contributed by atoms with E-state index in [9.17, 15) is 4.39 Å². The van der Waals surface area contributed by atoms with Crippen LogP contribution >= 0.6 is 11.6 Å². The van der Waals surface area contributed by atoms with Gasteiger partial charge in [-0.15, -0.1) is 0 Å². The molecule has 0 fully saturated rings. The molecule has 0 saturated heterocycles. The predicted molar refractivity (Wildman–Crippen MR) is 73.6 cm³/mol. The van der Waals surface area contributed by atoms with Gasteiger partial charge in [-0.05, 0) is 43.5 Å². The summed E-state index contributed by atoms with van der Waals surface area (Å²) < 4.78 is 18.5. The molecule has 2 atom stereocenters. The molecule has 0 aliphatic carbocycles. The van der Waals surface area contributed by atoms with Crippen LogP contribution in [0.15, 0.2) is 18.2 Å². The number of hydrogen-bond acceptors (Lipinski definition) is 2. The van der Waals surface area contributed by atoms with Crippen LogP contribution in [0.3, 0.4) is 0 Å². The Bertz CT molecular complexity index is 373. The fraction of sp³-hybridized carbons (Fsp3) is 0.571. The number of benzene rings is 1. The fourth-order valence-electron chi connectivity index (χ4n) is 2.09. The van der Waals surface area contributed by atoms with Crippen molar-refractivity contribution in [3.63, 3.8) is 0 Å². The van der Waals surface area contributed by atoms with E-state index in [1.54, 1.807) is 13.2 Å². The summed E-state index contributed by atoms with van der Waals surface area (Å²) in [6.07, 6.45) is 1.78. The number of nitrogens with one attached hydrogen (secondary N) is 1. The maximum absolute atomic E-state index is 13.3. The Morgan fingerprint density at radius 3 is 2.72 bits per heavy atom. The highest BCUT2D eigenvalue weighted by molar-refractivity contribution is 6.30. The van der Waals surface area contributed by atoms with Gasteiger partial charge in [0.2, 0.25) is 0 Å². The van der Waals surface area contributed by atoms with Crippen molar-refractivity contribution >= 4 is 11.6 Å². The molecule has 1 aromatic rings. The Morgan fingerprint density at radius 1 is 1.44 bits per heavy atom. The molecule has 0 radical (unpaired) electrons. The number of rotatable bonds is 7. The van der Waals surface area contributed by atoms with Gasteiger partial charge >= 0.3 is 0 Å². The highest BCUT2D eigenvalue weighted by Gasteiger charge is 2.13. The smallest absolute Gasteiger partial charge is 0.142 e. The van der Waals surface area contributed by atoms with E-state index in [4.69, 9.17) is 16.3 Å². The normalized spacial score (nSPS) is 14.5. The van der Waals surface area contributed by atoms with Gasteiger partial charge < -0.3 is 10.1 Å². The molecule has 4 heteroatoms. The molecule has 0 aromatic heterocycles. The number of halogens is 2. The Labute approximate surface area is 113 Å². The van der Waals surface area contributed by atoms with Gasteiger partial charge in [0.15, 0.2) is 0 Å². The average Bonchev–Trinajstić information content (AvgIpc) is 2.33. The van der Waals surface area contributed by atoms with Crippen LogP contribution in [0.2, 0.25) is 5.02 Å². The van der Waals surface area contributed by atoms with E-state index in [0.717, 1.165) is 25.0 Å². The van der Waals surface area contributed by atoms with Crippen LogP contribution in [-0.2, 0) is 11.2 Å². The number of methoxy groups -OCH3 is 1. The van der Waals surface area contributed by atoms with Gasteiger partial charge in [-0.3, -0.25) is 0 Å². The van der Waals surface area contributed by atoms with Crippen molar-refractivity contribution in [2.45, 2.75) is 25.8 Å². The molecule has 18 heavy (non-hydrogen) atoms. The number of ether oxygens (including phenoxy) is 1. The van der Waals surface area contributed by atoms with Crippen molar-refractivity contribution in [3.8, 4) is 0 Å². The van der Waals surface area contributed by atoms with Crippen LogP contribution in [0.5, 0.6) is 0 Å². The first-order chi connectivity index (χ1) is 8.56. The largest absolute Gasteiger partial charge is 0.384 e. The zero-order valence-corrected chi connectivity index (χ0v) is 11.9. The minimum atomic E-state index is -0.353. The summed E-state index contributed by atoms with van der Waals surface area (Å²) in [7, 11) is 3.63. The Morgan fingerprint density at radius 2 is 2.17 bits per heavy atom. The van der Waals surface area contributed by atoms with Crippen LogP contribution in [0.4, 0.5) is 4.39 Å². The topological polar surface area (TPSA) is 21.3 Å². The van der Waals surface area contributed by atoms with Crippen LogP contribution in [0, 0.1) is 11.7 Å². The second-order valence-corrected chi connectivity index (χ2v) is 5.14. The summed E-state index contributed by atoms with van der Waals surface area (Å²) in [5.41, 5.74) is 0.959. The van der Waals surface area contributed by atoms with Gasteiger partial charge in [0.25, 0.3) is 0 Å². The Kier molecular flexibility index (Phi) is 6.61. The molecule has 1 rings (SSSR count). The lowest BCUT2D eigenvalue weighted by atomic mass is 9.96. The third-order valence-electron chi connectivity index (χ3n) is 3.01. The van der Waals surface area contributed by atoms with E-state index < -0.39 is 0 Å². The molecule has 2 nitrogen and oxygen atoms in total. The molecule has 0 aliphatic rings. The molecular formula is C14H21ClFNO. The fourth-order valence-corrected chi connectivity index (χ4v) is 2.21. The lowest BCUT2D eigenvalue weighted by molar-refractivity contribution is 0.150. The first-order valence-corrected chi connectivity index (χ1v) is 6.54. The molecule has 1 aromatic carbocycles. The molecule has 0 spiro atoms. The molecule has 102 valence electrons. The molecule has 1 N–H and O–H groups in total. The van der Waals surface area contributed by atoms with Crippen molar-refractivity contribution in [1.82, 2.24) is 5.32 Å². The maximum atomic E-state index is 13.3. The highest BCUT2D eigenvalue weighted by atomic mass is 35.5. The van der Waals surface area contributed by atoms with E-state index in [1.807, 2.05) is 13.1 Å². The minimum Gasteiger partial charge on any atom is -0.384 e. The van der Waals surface area contributed by atoms with Crippen molar-refractivity contribution in [1.29, 1.82) is 0 Å². The zero-order valence-electron chi connectivity index (χ0n) is 11.2.